The van der Waals surface area contributed by atoms with E-state index in [1.165, 1.54) is 0 Å². The summed E-state index contributed by atoms with van der Waals surface area (Å²) in [6, 6.07) is 11.0. The quantitative estimate of drug-likeness (QED) is 0.386. The molecule has 3 rings (SSSR count). The lowest BCUT2D eigenvalue weighted by Crippen LogP contribution is -2.35. The number of rotatable bonds is 2. The van der Waals surface area contributed by atoms with Gasteiger partial charge in [-0.05, 0) is 99.1 Å². The van der Waals surface area contributed by atoms with Crippen molar-refractivity contribution in [2.24, 2.45) is 0 Å². The maximum absolute atomic E-state index is 12.0. The highest BCUT2D eigenvalue weighted by atomic mass is 79.9. The first-order chi connectivity index (χ1) is 10.4. The summed E-state index contributed by atoms with van der Waals surface area (Å²) in [4.78, 5) is 24.1. The van der Waals surface area contributed by atoms with Crippen molar-refractivity contribution in [1.29, 1.82) is 0 Å². The van der Waals surface area contributed by atoms with Crippen molar-refractivity contribution in [3.05, 3.63) is 74.7 Å². The fraction of sp³-hybridized carbons (Fsp3) is 0. The van der Waals surface area contributed by atoms with Gasteiger partial charge in [0, 0.05) is 29.0 Å². The molecule has 0 bridgehead atoms. The van der Waals surface area contributed by atoms with Crippen LogP contribution in [0.2, 0.25) is 0 Å². The monoisotopic (exact) mass is 546 g/mol. The van der Waals surface area contributed by atoms with Gasteiger partial charge in [-0.2, -0.15) is 0 Å². The predicted octanol–water partition coefficient (Wildman–Crippen LogP) is 5.67. The van der Waals surface area contributed by atoms with Crippen LogP contribution in [0, 0.1) is 0 Å². The minimum absolute atomic E-state index is 0.441. The van der Waals surface area contributed by atoms with Gasteiger partial charge in [-0.25, -0.2) is 0 Å². The summed E-state index contributed by atoms with van der Waals surface area (Å²) in [6.07, 6.45) is 0. The van der Waals surface area contributed by atoms with Crippen LogP contribution in [-0.4, -0.2) is 0 Å². The summed E-state index contributed by atoms with van der Waals surface area (Å²) in [5.41, 5.74) is 1.51. The lowest BCUT2D eigenvalue weighted by atomic mass is 9.89. The Morgan fingerprint density at radius 3 is 1.23 bits per heavy atom. The van der Waals surface area contributed by atoms with Crippen molar-refractivity contribution in [2.75, 3.05) is 0 Å². The van der Waals surface area contributed by atoms with Crippen LogP contribution in [-0.2, 0) is 0 Å². The van der Waals surface area contributed by atoms with E-state index in [1.54, 1.807) is 0 Å². The lowest BCUT2D eigenvalue weighted by molar-refractivity contribution is 1.39. The minimum Gasteiger partial charge on any atom is -0.285 e. The van der Waals surface area contributed by atoms with Gasteiger partial charge in [-0.15, -0.1) is 0 Å². The zero-order chi connectivity index (χ0) is 16.0. The van der Waals surface area contributed by atoms with Gasteiger partial charge < -0.3 is 0 Å². The maximum atomic E-state index is 12.0. The van der Waals surface area contributed by atoms with Crippen LogP contribution in [0.3, 0.4) is 0 Å². The molecule has 0 spiro atoms. The summed E-state index contributed by atoms with van der Waals surface area (Å²) in [5, 5.41) is 0. The largest absolute Gasteiger partial charge is 0.285 e. The predicted molar refractivity (Wildman–Crippen MR) is 103 cm³/mol. The van der Waals surface area contributed by atoms with E-state index in [4.69, 9.17) is 0 Å². The van der Waals surface area contributed by atoms with Gasteiger partial charge in [-0.1, -0.05) is 12.1 Å². The van der Waals surface area contributed by atoms with Gasteiger partial charge in [0.2, 0.25) is 10.9 Å². The third kappa shape index (κ3) is 2.70. The first-order valence-corrected chi connectivity index (χ1v) is 9.31. The normalized spacial score (nSPS) is 11.1. The molecule has 0 fully saturated rings. The van der Waals surface area contributed by atoms with Gasteiger partial charge in [0.25, 0.3) is 0 Å². The van der Waals surface area contributed by atoms with E-state index in [0.29, 0.717) is 11.1 Å². The molecule has 0 aromatic heterocycles. The van der Waals surface area contributed by atoms with Crippen LogP contribution in [0.5, 0.6) is 0 Å². The van der Waals surface area contributed by atoms with Crippen LogP contribution >= 0.6 is 63.7 Å². The van der Waals surface area contributed by atoms with E-state index in [0.717, 1.165) is 29.0 Å². The number of hydrogen-bond donors (Lipinski definition) is 0. The second kappa shape index (κ2) is 6.15. The fourth-order valence-corrected chi connectivity index (χ4v) is 3.50. The SMILES string of the molecule is O=c1c(-c2ccc(Br)c(Br)c2)c(-c2ccc(Br)c(Br)c2)c1=O. The van der Waals surface area contributed by atoms with Gasteiger partial charge in [0.15, 0.2) is 0 Å². The second-order valence-electron chi connectivity index (χ2n) is 4.67. The van der Waals surface area contributed by atoms with E-state index >= 15 is 0 Å². The molecular formula is C16H6Br4O2. The molecule has 6 heteroatoms. The van der Waals surface area contributed by atoms with Crippen LogP contribution in [0.4, 0.5) is 0 Å². The number of benzene rings is 2. The molecular weight excluding hydrogens is 544 g/mol. The van der Waals surface area contributed by atoms with E-state index in [-0.39, 0.29) is 0 Å². The van der Waals surface area contributed by atoms with E-state index in [1.807, 2.05) is 36.4 Å². The summed E-state index contributed by atoms with van der Waals surface area (Å²) in [7, 11) is 0. The molecule has 110 valence electrons. The van der Waals surface area contributed by atoms with Crippen molar-refractivity contribution in [3.8, 4) is 22.3 Å². The Bertz CT molecular complexity index is 890. The molecule has 0 radical (unpaired) electrons. The molecule has 0 atom stereocenters. The Morgan fingerprint density at radius 2 is 0.909 bits per heavy atom. The fourth-order valence-electron chi connectivity index (χ4n) is 2.25. The standard InChI is InChI=1S/C16H6Br4O2/c17-9-3-1-7(5-11(9)19)13-14(16(22)15(13)21)8-2-4-10(18)12(20)6-8/h1-6H. The molecule has 3 aromatic carbocycles. The van der Waals surface area contributed by atoms with Crippen molar-refractivity contribution < 1.29 is 0 Å². The van der Waals surface area contributed by atoms with Crippen molar-refractivity contribution in [3.63, 3.8) is 0 Å². The topological polar surface area (TPSA) is 34.1 Å². The molecule has 2 nitrogen and oxygen atoms in total. The molecule has 0 amide bonds. The Morgan fingerprint density at radius 1 is 0.545 bits per heavy atom. The zero-order valence-electron chi connectivity index (χ0n) is 10.8. The highest BCUT2D eigenvalue weighted by Gasteiger charge is 2.24. The smallest absolute Gasteiger partial charge is 0.234 e. The molecule has 0 unspecified atom stereocenters. The Kier molecular flexibility index (Phi) is 4.56. The third-order valence-corrected chi connectivity index (χ3v) is 7.09. The number of halogens is 4. The van der Waals surface area contributed by atoms with Gasteiger partial charge in [0.1, 0.15) is 0 Å². The maximum Gasteiger partial charge on any atom is 0.234 e. The Balaban J connectivity index is 2.21. The second-order valence-corrected chi connectivity index (χ2v) is 8.08. The first-order valence-electron chi connectivity index (χ1n) is 6.14. The lowest BCUT2D eigenvalue weighted by Gasteiger charge is -2.13. The summed E-state index contributed by atoms with van der Waals surface area (Å²) < 4.78 is 3.45. The average Bonchev–Trinajstić information content (AvgIpc) is 2.50. The molecule has 0 aliphatic heterocycles. The average molecular weight is 550 g/mol. The third-order valence-electron chi connectivity index (χ3n) is 3.33. The molecule has 0 aliphatic rings. The van der Waals surface area contributed by atoms with Crippen molar-refractivity contribution in [1.82, 2.24) is 0 Å². The highest BCUT2D eigenvalue weighted by molar-refractivity contribution is 9.13. The molecule has 0 saturated carbocycles. The van der Waals surface area contributed by atoms with E-state index in [9.17, 15) is 9.59 Å². The molecule has 0 heterocycles. The van der Waals surface area contributed by atoms with E-state index in [2.05, 4.69) is 63.7 Å². The van der Waals surface area contributed by atoms with E-state index < -0.39 is 10.9 Å². The van der Waals surface area contributed by atoms with Gasteiger partial charge in [0.05, 0.1) is 0 Å². The molecule has 0 aliphatic carbocycles. The molecule has 0 saturated heterocycles. The van der Waals surface area contributed by atoms with Crippen molar-refractivity contribution in [2.45, 2.75) is 0 Å². The number of hydrogen-bond acceptors (Lipinski definition) is 2. The first kappa shape index (κ1) is 16.3. The minimum atomic E-state index is -0.441. The van der Waals surface area contributed by atoms with Crippen LogP contribution in [0.25, 0.3) is 22.3 Å². The summed E-state index contributed by atoms with van der Waals surface area (Å²) in [5.74, 6) is 0. The van der Waals surface area contributed by atoms with Crippen molar-refractivity contribution >= 4 is 63.7 Å². The molecule has 3 aromatic rings. The molecule has 0 N–H and O–H groups in total. The Hall–Kier alpha value is -0.560. The van der Waals surface area contributed by atoms with Gasteiger partial charge >= 0.3 is 0 Å². The molecule has 22 heavy (non-hydrogen) atoms. The van der Waals surface area contributed by atoms with Crippen LogP contribution in [0.15, 0.2) is 63.9 Å². The van der Waals surface area contributed by atoms with Gasteiger partial charge in [-0.3, -0.25) is 9.59 Å². The summed E-state index contributed by atoms with van der Waals surface area (Å²) in [6.45, 7) is 0. The summed E-state index contributed by atoms with van der Waals surface area (Å²) >= 11 is 13.6. The Labute approximate surface area is 159 Å². The van der Waals surface area contributed by atoms with Crippen LogP contribution in [0.1, 0.15) is 0 Å². The zero-order valence-corrected chi connectivity index (χ0v) is 17.1. The highest BCUT2D eigenvalue weighted by Crippen LogP contribution is 2.35. The van der Waals surface area contributed by atoms with Crippen LogP contribution < -0.4 is 10.9 Å².